The van der Waals surface area contributed by atoms with Gasteiger partial charge in [-0.15, -0.1) is 11.8 Å². The fraction of sp³-hybridized carbons (Fsp3) is 0.444. The van der Waals surface area contributed by atoms with Crippen LogP contribution in [0.3, 0.4) is 0 Å². The number of benzene rings is 1. The first-order valence-electron chi connectivity index (χ1n) is 8.02. The maximum Gasteiger partial charge on any atom is 0.132 e. The largest absolute Gasteiger partial charge is 0.355 e. The molecule has 0 bridgehead atoms. The van der Waals surface area contributed by atoms with Gasteiger partial charge in [-0.25, -0.2) is 9.97 Å². The Labute approximate surface area is 142 Å². The molecular weight excluding hydrogens is 304 g/mol. The molecule has 122 valence electrons. The van der Waals surface area contributed by atoms with Gasteiger partial charge < -0.3 is 4.90 Å². The van der Waals surface area contributed by atoms with Crippen molar-refractivity contribution in [2.45, 2.75) is 30.8 Å². The molecule has 3 rings (SSSR count). The van der Waals surface area contributed by atoms with Crippen molar-refractivity contribution in [2.24, 2.45) is 0 Å². The molecule has 4 nitrogen and oxygen atoms in total. The Kier molecular flexibility index (Phi) is 5.18. The lowest BCUT2D eigenvalue weighted by molar-refractivity contribution is 0.326. The first-order chi connectivity index (χ1) is 11.2. The van der Waals surface area contributed by atoms with E-state index in [1.807, 2.05) is 6.92 Å². The van der Waals surface area contributed by atoms with Gasteiger partial charge >= 0.3 is 0 Å². The molecule has 1 atom stereocenters. The van der Waals surface area contributed by atoms with Gasteiger partial charge in [0.2, 0.25) is 0 Å². The fourth-order valence-corrected chi connectivity index (χ4v) is 3.49. The predicted molar refractivity (Wildman–Crippen MR) is 97.1 cm³/mol. The molecule has 5 heteroatoms. The SMILES string of the molecule is CSc1ccc(CN2CCC(N(C)c3cc(C)ncn3)C2)cc1. The van der Waals surface area contributed by atoms with Crippen LogP contribution in [0.25, 0.3) is 0 Å². The fourth-order valence-electron chi connectivity index (χ4n) is 3.08. The molecular formula is C18H24N4S. The van der Waals surface area contributed by atoms with Crippen LogP contribution >= 0.6 is 11.8 Å². The number of thioether (sulfide) groups is 1. The Morgan fingerprint density at radius 2 is 2.04 bits per heavy atom. The number of hydrogen-bond donors (Lipinski definition) is 0. The van der Waals surface area contributed by atoms with Gasteiger partial charge in [-0.2, -0.15) is 0 Å². The average Bonchev–Trinajstić information content (AvgIpc) is 3.03. The predicted octanol–water partition coefficient (Wildman–Crippen LogP) is 3.22. The summed E-state index contributed by atoms with van der Waals surface area (Å²) in [6.45, 7) is 5.27. The van der Waals surface area contributed by atoms with Crippen LogP contribution in [-0.4, -0.2) is 47.3 Å². The molecule has 0 spiro atoms. The third-order valence-corrected chi connectivity index (χ3v) is 5.25. The monoisotopic (exact) mass is 328 g/mol. The summed E-state index contributed by atoms with van der Waals surface area (Å²) in [6.07, 6.45) is 4.95. The molecule has 1 aliphatic rings. The van der Waals surface area contributed by atoms with E-state index in [1.54, 1.807) is 18.1 Å². The van der Waals surface area contributed by atoms with Crippen molar-refractivity contribution in [3.05, 3.63) is 47.9 Å². The van der Waals surface area contributed by atoms with Gasteiger partial charge in [0.05, 0.1) is 0 Å². The summed E-state index contributed by atoms with van der Waals surface area (Å²) in [5.41, 5.74) is 2.41. The summed E-state index contributed by atoms with van der Waals surface area (Å²) in [5.74, 6) is 1.02. The molecule has 1 aromatic carbocycles. The topological polar surface area (TPSA) is 32.3 Å². The zero-order chi connectivity index (χ0) is 16.2. The molecule has 0 radical (unpaired) electrons. The number of aryl methyl sites for hydroxylation is 1. The molecule has 2 heterocycles. The maximum atomic E-state index is 4.41. The van der Waals surface area contributed by atoms with Crippen molar-refractivity contribution < 1.29 is 0 Å². The van der Waals surface area contributed by atoms with E-state index < -0.39 is 0 Å². The smallest absolute Gasteiger partial charge is 0.132 e. The molecule has 1 unspecified atom stereocenters. The van der Waals surface area contributed by atoms with Crippen LogP contribution in [0.5, 0.6) is 0 Å². The molecule has 0 aliphatic carbocycles. The van der Waals surface area contributed by atoms with Gasteiger partial charge in [-0.05, 0) is 37.3 Å². The Balaban J connectivity index is 1.59. The van der Waals surface area contributed by atoms with Crippen molar-refractivity contribution in [1.82, 2.24) is 14.9 Å². The van der Waals surface area contributed by atoms with Crippen molar-refractivity contribution in [1.29, 1.82) is 0 Å². The second kappa shape index (κ2) is 7.32. The van der Waals surface area contributed by atoms with Crippen LogP contribution in [0.15, 0.2) is 41.6 Å². The van der Waals surface area contributed by atoms with Crippen LogP contribution < -0.4 is 4.90 Å². The summed E-state index contributed by atoms with van der Waals surface area (Å²) < 4.78 is 0. The Bertz CT molecular complexity index is 644. The zero-order valence-corrected chi connectivity index (χ0v) is 14.9. The standard InChI is InChI=1S/C18H24N4S/c1-14-10-18(20-13-19-14)21(2)16-8-9-22(12-16)11-15-4-6-17(23-3)7-5-15/h4-7,10,13,16H,8-9,11-12H2,1-3H3. The molecule has 1 aromatic heterocycles. The molecule has 0 N–H and O–H groups in total. The van der Waals surface area contributed by atoms with Gasteiger partial charge in [-0.1, -0.05) is 12.1 Å². The third-order valence-electron chi connectivity index (χ3n) is 4.51. The number of anilines is 1. The number of rotatable bonds is 5. The highest BCUT2D eigenvalue weighted by molar-refractivity contribution is 7.98. The maximum absolute atomic E-state index is 4.41. The molecule has 1 aliphatic heterocycles. The summed E-state index contributed by atoms with van der Waals surface area (Å²) in [6, 6.07) is 11.5. The highest BCUT2D eigenvalue weighted by Gasteiger charge is 2.26. The first-order valence-corrected chi connectivity index (χ1v) is 9.25. The lowest BCUT2D eigenvalue weighted by Gasteiger charge is -2.26. The summed E-state index contributed by atoms with van der Waals surface area (Å²) >= 11 is 1.79. The molecule has 1 fully saturated rings. The molecule has 0 amide bonds. The Morgan fingerprint density at radius 1 is 1.26 bits per heavy atom. The van der Waals surface area contributed by atoms with Crippen LogP contribution in [-0.2, 0) is 6.54 Å². The Morgan fingerprint density at radius 3 is 2.74 bits per heavy atom. The lowest BCUT2D eigenvalue weighted by Crippen LogP contribution is -2.35. The summed E-state index contributed by atoms with van der Waals surface area (Å²) in [7, 11) is 2.14. The number of hydrogen-bond acceptors (Lipinski definition) is 5. The van der Waals surface area contributed by atoms with Crippen molar-refractivity contribution in [3.63, 3.8) is 0 Å². The van der Waals surface area contributed by atoms with Crippen LogP contribution in [0.2, 0.25) is 0 Å². The number of nitrogens with zero attached hydrogens (tertiary/aromatic N) is 4. The van der Waals surface area contributed by atoms with Crippen molar-refractivity contribution in [2.75, 3.05) is 31.3 Å². The van der Waals surface area contributed by atoms with E-state index in [2.05, 4.69) is 63.4 Å². The van der Waals surface area contributed by atoms with Gasteiger partial charge in [-0.3, -0.25) is 4.90 Å². The summed E-state index contributed by atoms with van der Waals surface area (Å²) in [4.78, 5) is 14.7. The van der Waals surface area contributed by atoms with Gasteiger partial charge in [0.15, 0.2) is 0 Å². The number of likely N-dealkylation sites (N-methyl/N-ethyl adjacent to an activating group) is 1. The minimum absolute atomic E-state index is 0.523. The van der Waals surface area contributed by atoms with E-state index in [-0.39, 0.29) is 0 Å². The van der Waals surface area contributed by atoms with E-state index in [9.17, 15) is 0 Å². The zero-order valence-electron chi connectivity index (χ0n) is 14.1. The third kappa shape index (κ3) is 4.03. The molecule has 2 aromatic rings. The normalized spacial score (nSPS) is 18.3. The number of aromatic nitrogens is 2. The summed E-state index contributed by atoms with van der Waals surface area (Å²) in [5, 5.41) is 0. The van der Waals surface area contributed by atoms with Crippen LogP contribution in [0, 0.1) is 6.92 Å². The average molecular weight is 328 g/mol. The Hall–Kier alpha value is -1.59. The van der Waals surface area contributed by atoms with Crippen LogP contribution in [0.1, 0.15) is 17.7 Å². The van der Waals surface area contributed by atoms with E-state index in [1.165, 1.54) is 16.9 Å². The quantitative estimate of drug-likeness (QED) is 0.787. The second-order valence-corrected chi connectivity index (χ2v) is 7.03. The van der Waals surface area contributed by atoms with Crippen molar-refractivity contribution >= 4 is 17.6 Å². The lowest BCUT2D eigenvalue weighted by atomic mass is 10.2. The van der Waals surface area contributed by atoms with Gasteiger partial charge in [0, 0.05) is 49.4 Å². The van der Waals surface area contributed by atoms with Gasteiger partial charge in [0.25, 0.3) is 0 Å². The van der Waals surface area contributed by atoms with Gasteiger partial charge in [0.1, 0.15) is 12.1 Å². The minimum atomic E-state index is 0.523. The highest BCUT2D eigenvalue weighted by atomic mass is 32.2. The van der Waals surface area contributed by atoms with E-state index in [0.717, 1.165) is 31.1 Å². The molecule has 1 saturated heterocycles. The van der Waals surface area contributed by atoms with Crippen LogP contribution in [0.4, 0.5) is 5.82 Å². The second-order valence-electron chi connectivity index (χ2n) is 6.15. The van der Waals surface area contributed by atoms with E-state index in [4.69, 9.17) is 0 Å². The van der Waals surface area contributed by atoms with Crippen molar-refractivity contribution in [3.8, 4) is 0 Å². The molecule has 23 heavy (non-hydrogen) atoms. The minimum Gasteiger partial charge on any atom is -0.355 e. The first kappa shape index (κ1) is 16.3. The highest BCUT2D eigenvalue weighted by Crippen LogP contribution is 2.22. The van der Waals surface area contributed by atoms with E-state index >= 15 is 0 Å². The van der Waals surface area contributed by atoms with E-state index in [0.29, 0.717) is 6.04 Å². The number of likely N-dealkylation sites (tertiary alicyclic amines) is 1. The molecule has 0 saturated carbocycles.